The highest BCUT2D eigenvalue weighted by molar-refractivity contribution is 5.89. The van der Waals surface area contributed by atoms with Crippen LogP contribution in [-0.2, 0) is 20.0 Å². The quantitative estimate of drug-likeness (QED) is 0.856. The summed E-state index contributed by atoms with van der Waals surface area (Å²) in [5, 5.41) is 13.2. The molecule has 0 saturated heterocycles. The summed E-state index contributed by atoms with van der Waals surface area (Å²) in [4.78, 5) is 17.4. The third kappa shape index (κ3) is 3.42. The first-order valence-corrected chi connectivity index (χ1v) is 6.40. The predicted octanol–water partition coefficient (Wildman–Crippen LogP) is 1.19. The molecule has 0 aliphatic carbocycles. The molecule has 20 heavy (non-hydrogen) atoms. The van der Waals surface area contributed by atoms with Gasteiger partial charge in [0.15, 0.2) is 0 Å². The van der Waals surface area contributed by atoms with Gasteiger partial charge in [0.05, 0.1) is 12.1 Å². The summed E-state index contributed by atoms with van der Waals surface area (Å²) in [6.45, 7) is 1.45. The molecule has 6 heteroatoms. The van der Waals surface area contributed by atoms with E-state index in [-0.39, 0.29) is 0 Å². The Morgan fingerprint density at radius 3 is 2.80 bits per heavy atom. The number of carboxylic acids is 1. The highest BCUT2D eigenvalue weighted by Crippen LogP contribution is 2.10. The van der Waals surface area contributed by atoms with Gasteiger partial charge in [0, 0.05) is 13.6 Å². The van der Waals surface area contributed by atoms with Crippen LogP contribution in [0.1, 0.15) is 21.7 Å². The van der Waals surface area contributed by atoms with Crippen molar-refractivity contribution in [3.63, 3.8) is 0 Å². The Morgan fingerprint density at radius 1 is 1.40 bits per heavy atom. The minimum atomic E-state index is -0.878. The molecular formula is C14H18N4O2. The van der Waals surface area contributed by atoms with Gasteiger partial charge < -0.3 is 5.11 Å². The van der Waals surface area contributed by atoms with Crippen LogP contribution in [0.5, 0.6) is 0 Å². The van der Waals surface area contributed by atoms with E-state index in [2.05, 4.69) is 15.0 Å². The Bertz CT molecular complexity index is 594. The normalized spacial score (nSPS) is 10.9. The van der Waals surface area contributed by atoms with Crippen molar-refractivity contribution < 1.29 is 9.90 Å². The lowest BCUT2D eigenvalue weighted by Crippen LogP contribution is -2.23. The molecule has 0 atom stereocenters. The van der Waals surface area contributed by atoms with Crippen molar-refractivity contribution >= 4 is 5.97 Å². The molecule has 0 spiro atoms. The zero-order chi connectivity index (χ0) is 14.5. The van der Waals surface area contributed by atoms with Crippen molar-refractivity contribution in [1.29, 1.82) is 0 Å². The van der Waals surface area contributed by atoms with Gasteiger partial charge in [-0.15, -0.1) is 0 Å². The van der Waals surface area contributed by atoms with Gasteiger partial charge in [-0.2, -0.15) is 5.10 Å². The number of aryl methyl sites for hydroxylation is 1. The molecule has 6 nitrogen and oxygen atoms in total. The summed E-state index contributed by atoms with van der Waals surface area (Å²) >= 11 is 0. The van der Waals surface area contributed by atoms with Crippen LogP contribution in [0.25, 0.3) is 0 Å². The summed E-state index contributed by atoms with van der Waals surface area (Å²) in [6, 6.07) is 7.11. The molecule has 0 fully saturated rings. The van der Waals surface area contributed by atoms with Gasteiger partial charge >= 0.3 is 5.97 Å². The average molecular weight is 274 g/mol. The standard InChI is InChI=1S/C14H18N4O2/c1-17(9-13-15-10-16-18(13)2)8-7-11-5-3-4-6-12(11)14(19)20/h3-6,10H,7-9H2,1-2H3,(H,19,20). The van der Waals surface area contributed by atoms with Gasteiger partial charge in [-0.1, -0.05) is 18.2 Å². The fourth-order valence-electron chi connectivity index (χ4n) is 2.04. The summed E-state index contributed by atoms with van der Waals surface area (Å²) in [6.07, 6.45) is 2.22. The van der Waals surface area contributed by atoms with E-state index in [9.17, 15) is 4.79 Å². The van der Waals surface area contributed by atoms with Gasteiger partial charge in [0.25, 0.3) is 0 Å². The van der Waals surface area contributed by atoms with Crippen LogP contribution < -0.4 is 0 Å². The molecule has 0 aliphatic rings. The van der Waals surface area contributed by atoms with Crippen LogP contribution >= 0.6 is 0 Å². The van der Waals surface area contributed by atoms with Crippen molar-refractivity contribution in [2.24, 2.45) is 7.05 Å². The fraction of sp³-hybridized carbons (Fsp3) is 0.357. The molecule has 0 aliphatic heterocycles. The van der Waals surface area contributed by atoms with E-state index in [4.69, 9.17) is 5.11 Å². The van der Waals surface area contributed by atoms with Gasteiger partial charge in [-0.3, -0.25) is 9.58 Å². The van der Waals surface area contributed by atoms with E-state index in [1.807, 2.05) is 26.2 Å². The molecule has 2 rings (SSSR count). The van der Waals surface area contributed by atoms with Crippen LogP contribution in [0.2, 0.25) is 0 Å². The number of benzene rings is 1. The van der Waals surface area contributed by atoms with Crippen LogP contribution in [0.4, 0.5) is 0 Å². The third-order valence-electron chi connectivity index (χ3n) is 3.23. The van der Waals surface area contributed by atoms with Crippen LogP contribution in [0, 0.1) is 0 Å². The Morgan fingerprint density at radius 2 is 2.15 bits per heavy atom. The number of carboxylic acid groups (broad SMARTS) is 1. The number of hydrogen-bond acceptors (Lipinski definition) is 4. The SMILES string of the molecule is CN(CCc1ccccc1C(=O)O)Cc1ncnn1C. The topological polar surface area (TPSA) is 71.2 Å². The van der Waals surface area contributed by atoms with Crippen molar-refractivity contribution in [2.75, 3.05) is 13.6 Å². The maximum absolute atomic E-state index is 11.1. The maximum Gasteiger partial charge on any atom is 0.335 e. The second-order valence-corrected chi connectivity index (χ2v) is 4.75. The molecule has 0 amide bonds. The molecule has 0 saturated carbocycles. The van der Waals surface area contributed by atoms with E-state index in [0.717, 1.165) is 17.9 Å². The smallest absolute Gasteiger partial charge is 0.335 e. The van der Waals surface area contributed by atoms with Crippen molar-refractivity contribution in [3.8, 4) is 0 Å². The molecule has 0 bridgehead atoms. The number of nitrogens with zero attached hydrogens (tertiary/aromatic N) is 4. The molecule has 106 valence electrons. The highest BCUT2D eigenvalue weighted by Gasteiger charge is 2.10. The Balaban J connectivity index is 1.95. The molecular weight excluding hydrogens is 256 g/mol. The number of aromatic nitrogens is 3. The Kier molecular flexibility index (Phi) is 4.47. The summed E-state index contributed by atoms with van der Waals surface area (Å²) < 4.78 is 1.74. The third-order valence-corrected chi connectivity index (χ3v) is 3.23. The predicted molar refractivity (Wildman–Crippen MR) is 74.4 cm³/mol. The van der Waals surface area contributed by atoms with Crippen molar-refractivity contribution in [1.82, 2.24) is 19.7 Å². The van der Waals surface area contributed by atoms with E-state index in [1.165, 1.54) is 6.33 Å². The van der Waals surface area contributed by atoms with Gasteiger partial charge in [0.1, 0.15) is 12.2 Å². The second kappa shape index (κ2) is 6.29. The van der Waals surface area contributed by atoms with Crippen molar-refractivity contribution in [3.05, 3.63) is 47.5 Å². The number of hydrogen-bond donors (Lipinski definition) is 1. The summed E-state index contributed by atoms with van der Waals surface area (Å²) in [5.74, 6) is 0.00979. The van der Waals surface area contributed by atoms with Gasteiger partial charge in [0.2, 0.25) is 0 Å². The van der Waals surface area contributed by atoms with Crippen LogP contribution in [-0.4, -0.2) is 44.3 Å². The monoisotopic (exact) mass is 274 g/mol. The fourth-order valence-corrected chi connectivity index (χ4v) is 2.04. The Labute approximate surface area is 117 Å². The highest BCUT2D eigenvalue weighted by atomic mass is 16.4. The summed E-state index contributed by atoms with van der Waals surface area (Å²) in [5.41, 5.74) is 1.23. The molecule has 0 unspecified atom stereocenters. The minimum Gasteiger partial charge on any atom is -0.478 e. The first kappa shape index (κ1) is 14.2. The number of carbonyl (C=O) groups is 1. The van der Waals surface area contributed by atoms with E-state index >= 15 is 0 Å². The first-order chi connectivity index (χ1) is 9.58. The zero-order valence-corrected chi connectivity index (χ0v) is 11.7. The van der Waals surface area contributed by atoms with E-state index < -0.39 is 5.97 Å². The molecule has 0 radical (unpaired) electrons. The van der Waals surface area contributed by atoms with E-state index in [1.54, 1.807) is 16.8 Å². The lowest BCUT2D eigenvalue weighted by atomic mass is 10.0. The van der Waals surface area contributed by atoms with Gasteiger partial charge in [-0.05, 0) is 25.1 Å². The van der Waals surface area contributed by atoms with Crippen molar-refractivity contribution in [2.45, 2.75) is 13.0 Å². The molecule has 1 aromatic heterocycles. The second-order valence-electron chi connectivity index (χ2n) is 4.75. The van der Waals surface area contributed by atoms with Crippen LogP contribution in [0.3, 0.4) is 0 Å². The summed E-state index contributed by atoms with van der Waals surface area (Å²) in [7, 11) is 3.84. The van der Waals surface area contributed by atoms with Crippen LogP contribution in [0.15, 0.2) is 30.6 Å². The van der Waals surface area contributed by atoms with Gasteiger partial charge in [-0.25, -0.2) is 9.78 Å². The lowest BCUT2D eigenvalue weighted by molar-refractivity contribution is 0.0695. The van der Waals surface area contributed by atoms with E-state index in [0.29, 0.717) is 18.5 Å². The largest absolute Gasteiger partial charge is 0.478 e. The number of likely N-dealkylation sites (N-methyl/N-ethyl adjacent to an activating group) is 1. The molecule has 2 aromatic rings. The Hall–Kier alpha value is -2.21. The molecule has 1 aromatic carbocycles. The maximum atomic E-state index is 11.1. The average Bonchev–Trinajstić information content (AvgIpc) is 2.82. The number of rotatable bonds is 6. The number of aromatic carboxylic acids is 1. The minimum absolute atomic E-state index is 0.375. The molecule has 1 heterocycles. The first-order valence-electron chi connectivity index (χ1n) is 6.40. The molecule has 1 N–H and O–H groups in total. The zero-order valence-electron chi connectivity index (χ0n) is 11.7. The lowest BCUT2D eigenvalue weighted by Gasteiger charge is -2.16.